The molecule has 88 valence electrons. The molecule has 0 saturated carbocycles. The Hall–Kier alpha value is -2.74. The number of carbonyl (C=O) groups excluding carboxylic acids is 1. The quantitative estimate of drug-likeness (QED) is 0.873. The SMILES string of the molecule is N#Cc1cccc(C(=O)NCc2ccncn2)c1. The first kappa shape index (κ1) is 11.7. The van der Waals surface area contributed by atoms with Crippen molar-refractivity contribution in [3.63, 3.8) is 0 Å². The summed E-state index contributed by atoms with van der Waals surface area (Å²) in [5.74, 6) is -0.231. The average Bonchev–Trinajstić information content (AvgIpc) is 2.46. The van der Waals surface area contributed by atoms with Gasteiger partial charge in [-0.2, -0.15) is 5.26 Å². The lowest BCUT2D eigenvalue weighted by Gasteiger charge is -2.04. The summed E-state index contributed by atoms with van der Waals surface area (Å²) in [6.07, 6.45) is 3.04. The van der Waals surface area contributed by atoms with Crippen molar-refractivity contribution in [1.82, 2.24) is 15.3 Å². The molecule has 2 rings (SSSR count). The first-order valence-corrected chi connectivity index (χ1v) is 5.33. The Bertz CT molecular complexity index is 589. The number of aromatic nitrogens is 2. The summed E-state index contributed by atoms with van der Waals surface area (Å²) in [7, 11) is 0. The maximum absolute atomic E-state index is 11.8. The Morgan fingerprint density at radius 1 is 1.39 bits per heavy atom. The maximum atomic E-state index is 11.8. The zero-order chi connectivity index (χ0) is 12.8. The second-order valence-electron chi connectivity index (χ2n) is 3.58. The number of nitrogens with one attached hydrogen (secondary N) is 1. The van der Waals surface area contributed by atoms with Gasteiger partial charge in [-0.1, -0.05) is 6.07 Å². The number of benzene rings is 1. The molecule has 0 radical (unpaired) electrons. The molecule has 1 aromatic carbocycles. The van der Waals surface area contributed by atoms with Gasteiger partial charge in [0.15, 0.2) is 0 Å². The van der Waals surface area contributed by atoms with Crippen LogP contribution in [0.5, 0.6) is 0 Å². The summed E-state index contributed by atoms with van der Waals surface area (Å²) in [6, 6.07) is 10.3. The van der Waals surface area contributed by atoms with E-state index in [0.29, 0.717) is 17.7 Å². The molecule has 5 heteroatoms. The molecule has 0 saturated heterocycles. The van der Waals surface area contributed by atoms with Gasteiger partial charge in [-0.25, -0.2) is 9.97 Å². The van der Waals surface area contributed by atoms with E-state index in [0.717, 1.165) is 5.69 Å². The molecule has 0 atom stereocenters. The highest BCUT2D eigenvalue weighted by Gasteiger charge is 2.05. The molecule has 2 aromatic rings. The van der Waals surface area contributed by atoms with Crippen LogP contribution in [-0.4, -0.2) is 15.9 Å². The largest absolute Gasteiger partial charge is 0.346 e. The summed E-state index contributed by atoms with van der Waals surface area (Å²) in [5.41, 5.74) is 1.66. The molecule has 18 heavy (non-hydrogen) atoms. The third-order valence-electron chi connectivity index (χ3n) is 2.33. The number of amides is 1. The summed E-state index contributed by atoms with van der Waals surface area (Å²) in [5, 5.41) is 11.5. The number of nitriles is 1. The fourth-order valence-electron chi connectivity index (χ4n) is 1.43. The lowest BCUT2D eigenvalue weighted by Crippen LogP contribution is -2.23. The second kappa shape index (κ2) is 5.55. The van der Waals surface area contributed by atoms with Gasteiger partial charge < -0.3 is 5.32 Å². The van der Waals surface area contributed by atoms with Crippen LogP contribution in [0.25, 0.3) is 0 Å². The highest BCUT2D eigenvalue weighted by atomic mass is 16.1. The van der Waals surface area contributed by atoms with Crippen molar-refractivity contribution in [2.75, 3.05) is 0 Å². The van der Waals surface area contributed by atoms with Gasteiger partial charge in [0.25, 0.3) is 5.91 Å². The highest BCUT2D eigenvalue weighted by molar-refractivity contribution is 5.94. The van der Waals surface area contributed by atoms with Gasteiger partial charge in [-0.05, 0) is 24.3 Å². The van der Waals surface area contributed by atoms with Crippen LogP contribution in [-0.2, 0) is 6.54 Å². The van der Waals surface area contributed by atoms with Crippen molar-refractivity contribution in [3.8, 4) is 6.07 Å². The van der Waals surface area contributed by atoms with E-state index >= 15 is 0 Å². The average molecular weight is 238 g/mol. The van der Waals surface area contributed by atoms with Gasteiger partial charge >= 0.3 is 0 Å². The Morgan fingerprint density at radius 3 is 3.00 bits per heavy atom. The van der Waals surface area contributed by atoms with E-state index in [1.807, 2.05) is 6.07 Å². The Labute approximate surface area is 104 Å². The van der Waals surface area contributed by atoms with Crippen molar-refractivity contribution in [2.45, 2.75) is 6.54 Å². The van der Waals surface area contributed by atoms with E-state index < -0.39 is 0 Å². The first-order chi connectivity index (χ1) is 8.79. The molecule has 0 fully saturated rings. The minimum Gasteiger partial charge on any atom is -0.346 e. The molecular weight excluding hydrogens is 228 g/mol. The molecule has 1 amide bonds. The molecule has 0 aliphatic carbocycles. The van der Waals surface area contributed by atoms with Crippen LogP contribution in [0.15, 0.2) is 42.9 Å². The van der Waals surface area contributed by atoms with Gasteiger partial charge in [0.05, 0.1) is 23.9 Å². The molecule has 0 aliphatic rings. The first-order valence-electron chi connectivity index (χ1n) is 5.33. The van der Waals surface area contributed by atoms with E-state index in [9.17, 15) is 4.79 Å². The summed E-state index contributed by atoms with van der Waals surface area (Å²) >= 11 is 0. The molecule has 5 nitrogen and oxygen atoms in total. The monoisotopic (exact) mass is 238 g/mol. The van der Waals surface area contributed by atoms with Gasteiger partial charge in [0.1, 0.15) is 6.33 Å². The molecular formula is C13H10N4O. The van der Waals surface area contributed by atoms with Crippen molar-refractivity contribution < 1.29 is 4.79 Å². The third-order valence-corrected chi connectivity index (χ3v) is 2.33. The summed E-state index contributed by atoms with van der Waals surface area (Å²) in [4.78, 5) is 19.6. The Kier molecular flexibility index (Phi) is 3.62. The predicted octanol–water partition coefficient (Wildman–Crippen LogP) is 1.28. The predicted molar refractivity (Wildman–Crippen MR) is 64.4 cm³/mol. The Balaban J connectivity index is 2.02. The normalized spacial score (nSPS) is 9.50. The fraction of sp³-hybridized carbons (Fsp3) is 0.0769. The molecule has 1 N–H and O–H groups in total. The van der Waals surface area contributed by atoms with Gasteiger partial charge in [-0.15, -0.1) is 0 Å². The van der Waals surface area contributed by atoms with Crippen LogP contribution >= 0.6 is 0 Å². The second-order valence-corrected chi connectivity index (χ2v) is 3.58. The lowest BCUT2D eigenvalue weighted by atomic mass is 10.1. The summed E-state index contributed by atoms with van der Waals surface area (Å²) < 4.78 is 0. The van der Waals surface area contributed by atoms with Gasteiger partial charge in [0.2, 0.25) is 0 Å². The number of carbonyl (C=O) groups is 1. The van der Waals surface area contributed by atoms with E-state index in [1.54, 1.807) is 36.5 Å². The van der Waals surface area contributed by atoms with Crippen molar-refractivity contribution in [3.05, 3.63) is 59.7 Å². The number of hydrogen-bond acceptors (Lipinski definition) is 4. The van der Waals surface area contributed by atoms with Crippen LogP contribution in [0.2, 0.25) is 0 Å². The minimum absolute atomic E-state index is 0.231. The Morgan fingerprint density at radius 2 is 2.28 bits per heavy atom. The number of rotatable bonds is 3. The smallest absolute Gasteiger partial charge is 0.251 e. The molecule has 0 bridgehead atoms. The third kappa shape index (κ3) is 2.89. The van der Waals surface area contributed by atoms with Crippen molar-refractivity contribution >= 4 is 5.91 Å². The topological polar surface area (TPSA) is 78.7 Å². The molecule has 0 spiro atoms. The molecule has 0 aliphatic heterocycles. The van der Waals surface area contributed by atoms with Crippen LogP contribution in [0.4, 0.5) is 0 Å². The number of hydrogen-bond donors (Lipinski definition) is 1. The van der Waals surface area contributed by atoms with Crippen molar-refractivity contribution in [1.29, 1.82) is 5.26 Å². The standard InChI is InChI=1S/C13H10N4O/c14-7-10-2-1-3-11(6-10)13(18)16-8-12-4-5-15-9-17-12/h1-6,9H,8H2,(H,16,18). The highest BCUT2D eigenvalue weighted by Crippen LogP contribution is 2.04. The van der Waals surface area contributed by atoms with Crippen LogP contribution < -0.4 is 5.32 Å². The summed E-state index contributed by atoms with van der Waals surface area (Å²) in [6.45, 7) is 0.331. The van der Waals surface area contributed by atoms with Crippen LogP contribution in [0, 0.1) is 11.3 Å². The van der Waals surface area contributed by atoms with E-state index in [1.165, 1.54) is 6.33 Å². The van der Waals surface area contributed by atoms with E-state index in [-0.39, 0.29) is 5.91 Å². The molecule has 0 unspecified atom stereocenters. The van der Waals surface area contributed by atoms with Gasteiger partial charge in [-0.3, -0.25) is 4.79 Å². The minimum atomic E-state index is -0.231. The molecule has 1 heterocycles. The number of nitrogens with zero attached hydrogens (tertiary/aromatic N) is 3. The van der Waals surface area contributed by atoms with Crippen LogP contribution in [0.3, 0.4) is 0 Å². The van der Waals surface area contributed by atoms with E-state index in [4.69, 9.17) is 5.26 Å². The maximum Gasteiger partial charge on any atom is 0.251 e. The lowest BCUT2D eigenvalue weighted by molar-refractivity contribution is 0.0950. The van der Waals surface area contributed by atoms with Crippen LogP contribution in [0.1, 0.15) is 21.6 Å². The zero-order valence-corrected chi connectivity index (χ0v) is 9.50. The van der Waals surface area contributed by atoms with E-state index in [2.05, 4.69) is 15.3 Å². The zero-order valence-electron chi connectivity index (χ0n) is 9.50. The van der Waals surface area contributed by atoms with Gasteiger partial charge in [0, 0.05) is 11.8 Å². The van der Waals surface area contributed by atoms with Crippen molar-refractivity contribution in [2.24, 2.45) is 0 Å². The fourth-order valence-corrected chi connectivity index (χ4v) is 1.43. The molecule has 1 aromatic heterocycles.